The normalized spacial score (nSPS) is 23.0. The van der Waals surface area contributed by atoms with Crippen LogP contribution in [0, 0.1) is 5.92 Å². The molecule has 1 unspecified atom stereocenters. The molecule has 7 nitrogen and oxygen atoms in total. The topological polar surface area (TPSA) is 63.3 Å². The maximum absolute atomic E-state index is 13.5. The fourth-order valence-corrected chi connectivity index (χ4v) is 6.29. The van der Waals surface area contributed by atoms with Crippen molar-refractivity contribution in [2.45, 2.75) is 64.0 Å². The zero-order valence-corrected chi connectivity index (χ0v) is 22.8. The lowest BCUT2D eigenvalue weighted by atomic mass is 9.94. The molecule has 4 aliphatic heterocycles. The molecular formula is C31H41N3O4. The number of benzene rings is 2. The summed E-state index contributed by atoms with van der Waals surface area (Å²) in [6.45, 7) is 10.2. The van der Waals surface area contributed by atoms with Crippen molar-refractivity contribution in [3.8, 4) is 17.2 Å². The van der Waals surface area contributed by atoms with Gasteiger partial charge in [-0.3, -0.25) is 4.79 Å². The quantitative estimate of drug-likeness (QED) is 0.591. The van der Waals surface area contributed by atoms with Gasteiger partial charge < -0.3 is 29.3 Å². The third-order valence-electron chi connectivity index (χ3n) is 8.47. The van der Waals surface area contributed by atoms with Crippen LogP contribution in [0.1, 0.15) is 50.7 Å². The molecule has 6 rings (SSSR count). The summed E-state index contributed by atoms with van der Waals surface area (Å²) in [4.78, 5) is 18.3. The number of ether oxygens (including phenoxy) is 3. The van der Waals surface area contributed by atoms with Crippen LogP contribution in [-0.4, -0.2) is 68.4 Å². The number of aryl methyl sites for hydroxylation is 1. The Morgan fingerprint density at radius 2 is 1.84 bits per heavy atom. The van der Waals surface area contributed by atoms with E-state index in [-0.39, 0.29) is 23.5 Å². The van der Waals surface area contributed by atoms with E-state index >= 15 is 0 Å². The van der Waals surface area contributed by atoms with Gasteiger partial charge in [-0.2, -0.15) is 0 Å². The minimum atomic E-state index is -0.124. The number of likely N-dealkylation sites (tertiary alicyclic amines) is 1. The number of nitrogens with zero attached hydrogens (tertiary/aromatic N) is 2. The van der Waals surface area contributed by atoms with E-state index in [1.807, 2.05) is 6.07 Å². The van der Waals surface area contributed by atoms with Crippen LogP contribution >= 0.6 is 0 Å². The smallest absolute Gasteiger partial charge is 0.225 e. The number of hydrogen-bond acceptors (Lipinski definition) is 6. The standard InChI is InChI=1S/C31H41N3O4/c1-31(2)11-9-23-6-7-26(19-28(23)38-31)34-14-10-24(20-34)30(35)32-25(21-33-12-3-4-13-33)17-22-5-8-27-29(18-22)37-16-15-36-27/h5-8,18-19,24-25H,3-4,9-17,20-21H2,1-2H3,(H,32,35)/t24-,25?/m1/s1. The van der Waals surface area contributed by atoms with E-state index in [4.69, 9.17) is 14.2 Å². The van der Waals surface area contributed by atoms with Crippen molar-refractivity contribution in [3.63, 3.8) is 0 Å². The Morgan fingerprint density at radius 3 is 2.68 bits per heavy atom. The number of carbonyl (C=O) groups is 1. The van der Waals surface area contributed by atoms with E-state index in [1.165, 1.54) is 24.0 Å². The van der Waals surface area contributed by atoms with Crippen LogP contribution in [0.25, 0.3) is 0 Å². The molecule has 1 N–H and O–H groups in total. The van der Waals surface area contributed by atoms with Gasteiger partial charge in [-0.25, -0.2) is 0 Å². The summed E-state index contributed by atoms with van der Waals surface area (Å²) in [6, 6.07) is 12.8. The van der Waals surface area contributed by atoms with E-state index in [2.05, 4.69) is 59.3 Å². The molecule has 2 fully saturated rings. The van der Waals surface area contributed by atoms with Gasteiger partial charge >= 0.3 is 0 Å². The molecule has 0 aromatic heterocycles. The van der Waals surface area contributed by atoms with Crippen LogP contribution in [0.5, 0.6) is 17.2 Å². The zero-order chi connectivity index (χ0) is 26.1. The maximum atomic E-state index is 13.5. The average Bonchev–Trinajstić information content (AvgIpc) is 3.60. The average molecular weight is 520 g/mol. The van der Waals surface area contributed by atoms with Gasteiger partial charge in [-0.15, -0.1) is 0 Å². The molecular weight excluding hydrogens is 478 g/mol. The largest absolute Gasteiger partial charge is 0.487 e. The lowest BCUT2D eigenvalue weighted by molar-refractivity contribution is -0.125. The highest BCUT2D eigenvalue weighted by molar-refractivity contribution is 5.80. The summed E-state index contributed by atoms with van der Waals surface area (Å²) >= 11 is 0. The predicted molar refractivity (Wildman–Crippen MR) is 149 cm³/mol. The van der Waals surface area contributed by atoms with Gasteiger partial charge in [0.15, 0.2) is 11.5 Å². The minimum Gasteiger partial charge on any atom is -0.487 e. The van der Waals surface area contributed by atoms with Gasteiger partial charge in [0.25, 0.3) is 0 Å². The van der Waals surface area contributed by atoms with Crippen LogP contribution < -0.4 is 24.4 Å². The third-order valence-corrected chi connectivity index (χ3v) is 8.47. The van der Waals surface area contributed by atoms with Gasteiger partial charge in [-0.05, 0) is 94.8 Å². The van der Waals surface area contributed by atoms with Gasteiger partial charge in [0.1, 0.15) is 24.6 Å². The van der Waals surface area contributed by atoms with Crippen molar-refractivity contribution < 1.29 is 19.0 Å². The van der Waals surface area contributed by atoms with Crippen molar-refractivity contribution in [2.24, 2.45) is 5.92 Å². The summed E-state index contributed by atoms with van der Waals surface area (Å²) in [7, 11) is 0. The van der Waals surface area contributed by atoms with E-state index in [1.54, 1.807) is 0 Å². The molecule has 0 saturated carbocycles. The SMILES string of the molecule is CC1(C)CCc2ccc(N3CC[C@@H](C(=O)NC(Cc4ccc5c(c4)OCCO5)CN4CCCC4)C3)cc2O1. The Kier molecular flexibility index (Phi) is 7.12. The lowest BCUT2D eigenvalue weighted by Crippen LogP contribution is -2.46. The first kappa shape index (κ1) is 25.4. The fourth-order valence-electron chi connectivity index (χ4n) is 6.29. The van der Waals surface area contributed by atoms with E-state index < -0.39 is 0 Å². The minimum absolute atomic E-state index is 0.00950. The molecule has 0 radical (unpaired) electrons. The van der Waals surface area contributed by atoms with Crippen molar-refractivity contribution in [1.29, 1.82) is 0 Å². The van der Waals surface area contributed by atoms with Crippen LogP contribution in [0.2, 0.25) is 0 Å². The van der Waals surface area contributed by atoms with E-state index in [9.17, 15) is 4.79 Å². The third kappa shape index (κ3) is 5.73. The molecule has 0 aliphatic carbocycles. The van der Waals surface area contributed by atoms with Crippen LogP contribution in [0.4, 0.5) is 5.69 Å². The molecule has 0 spiro atoms. The van der Waals surface area contributed by atoms with Gasteiger partial charge in [0.05, 0.1) is 5.92 Å². The van der Waals surface area contributed by atoms with Crippen molar-refractivity contribution in [3.05, 3.63) is 47.5 Å². The second-order valence-electron chi connectivity index (χ2n) is 12.0. The first-order valence-corrected chi connectivity index (χ1v) is 14.4. The lowest BCUT2D eigenvalue weighted by Gasteiger charge is -2.33. The molecule has 2 atom stereocenters. The summed E-state index contributed by atoms with van der Waals surface area (Å²) in [5.41, 5.74) is 3.48. The Labute approximate surface area is 226 Å². The molecule has 4 heterocycles. The Morgan fingerprint density at radius 1 is 1.03 bits per heavy atom. The molecule has 4 aliphatic rings. The van der Waals surface area contributed by atoms with Gasteiger partial charge in [0.2, 0.25) is 5.91 Å². The summed E-state index contributed by atoms with van der Waals surface area (Å²) < 4.78 is 17.8. The molecule has 0 bridgehead atoms. The molecule has 2 saturated heterocycles. The van der Waals surface area contributed by atoms with Crippen LogP contribution in [0.15, 0.2) is 36.4 Å². The highest BCUT2D eigenvalue weighted by Crippen LogP contribution is 2.37. The summed E-state index contributed by atoms with van der Waals surface area (Å²) in [5, 5.41) is 3.44. The van der Waals surface area contributed by atoms with Gasteiger partial charge in [-0.1, -0.05) is 12.1 Å². The van der Waals surface area contributed by atoms with E-state index in [0.29, 0.717) is 13.2 Å². The second kappa shape index (κ2) is 10.7. The van der Waals surface area contributed by atoms with Crippen molar-refractivity contribution in [1.82, 2.24) is 10.2 Å². The molecule has 7 heteroatoms. The Balaban J connectivity index is 1.11. The first-order valence-electron chi connectivity index (χ1n) is 14.4. The number of anilines is 1. The number of carbonyl (C=O) groups excluding carboxylic acids is 1. The molecule has 2 aromatic rings. The molecule has 1 amide bonds. The Hall–Kier alpha value is -2.93. The Bertz CT molecular complexity index is 1160. The monoisotopic (exact) mass is 519 g/mol. The van der Waals surface area contributed by atoms with Gasteiger partial charge in [0, 0.05) is 37.4 Å². The summed E-state index contributed by atoms with van der Waals surface area (Å²) in [5.74, 6) is 2.78. The van der Waals surface area contributed by atoms with Crippen LogP contribution in [-0.2, 0) is 17.6 Å². The summed E-state index contributed by atoms with van der Waals surface area (Å²) in [6.07, 6.45) is 6.22. The highest BCUT2D eigenvalue weighted by Gasteiger charge is 2.32. The maximum Gasteiger partial charge on any atom is 0.225 e. The number of amides is 1. The first-order chi connectivity index (χ1) is 18.4. The second-order valence-corrected chi connectivity index (χ2v) is 12.0. The molecule has 38 heavy (non-hydrogen) atoms. The number of fused-ring (bicyclic) bond motifs is 2. The number of rotatable bonds is 7. The molecule has 2 aromatic carbocycles. The van der Waals surface area contributed by atoms with Crippen molar-refractivity contribution in [2.75, 3.05) is 50.8 Å². The zero-order valence-electron chi connectivity index (χ0n) is 22.8. The number of nitrogens with one attached hydrogen (secondary N) is 1. The van der Waals surface area contributed by atoms with E-state index in [0.717, 1.165) is 81.3 Å². The fraction of sp³-hybridized carbons (Fsp3) is 0.581. The van der Waals surface area contributed by atoms with Crippen molar-refractivity contribution >= 4 is 11.6 Å². The van der Waals surface area contributed by atoms with Crippen LogP contribution in [0.3, 0.4) is 0 Å². The highest BCUT2D eigenvalue weighted by atomic mass is 16.6. The molecule has 204 valence electrons. The predicted octanol–water partition coefficient (Wildman–Crippen LogP) is 4.21. The number of hydrogen-bond donors (Lipinski definition) is 1.